The van der Waals surface area contributed by atoms with Crippen LogP contribution in [0.4, 0.5) is 0 Å². The summed E-state index contributed by atoms with van der Waals surface area (Å²) in [7, 11) is 0. The smallest absolute Gasteiger partial charge is 0.254 e. The van der Waals surface area contributed by atoms with E-state index in [1.807, 2.05) is 4.57 Å². The Balaban J connectivity index is 2.17. The van der Waals surface area contributed by atoms with Crippen molar-refractivity contribution in [3.63, 3.8) is 0 Å². The second-order valence-corrected chi connectivity index (χ2v) is 4.54. The summed E-state index contributed by atoms with van der Waals surface area (Å²) >= 11 is 0. The van der Waals surface area contributed by atoms with Crippen molar-refractivity contribution < 1.29 is 5.11 Å². The molecule has 3 heterocycles. The predicted octanol–water partition coefficient (Wildman–Crippen LogP) is 0.261. The van der Waals surface area contributed by atoms with E-state index < -0.39 is 0 Å². The number of fused-ring (bicyclic) bond motifs is 4. The van der Waals surface area contributed by atoms with Crippen LogP contribution in [0.1, 0.15) is 18.0 Å². The van der Waals surface area contributed by atoms with Gasteiger partial charge in [0.05, 0.1) is 0 Å². The Morgan fingerprint density at radius 3 is 3.13 bits per heavy atom. The summed E-state index contributed by atoms with van der Waals surface area (Å²) in [6.45, 7) is 2.71. The standard InChI is InChI=1S/C11H14N2O2/c14-9-2-10-8-1-7(4-12-5-8)6-13(10)11(15)3-9/h2-3,7-8,12,14H,1,4-6H2/t7-,8+/m0/s1. The third-order valence-electron chi connectivity index (χ3n) is 3.45. The van der Waals surface area contributed by atoms with Gasteiger partial charge in [0.1, 0.15) is 5.75 Å². The van der Waals surface area contributed by atoms with Crippen LogP contribution in [0, 0.1) is 5.92 Å². The highest BCUT2D eigenvalue weighted by atomic mass is 16.3. The lowest BCUT2D eigenvalue weighted by Crippen LogP contribution is -2.44. The van der Waals surface area contributed by atoms with Crippen LogP contribution >= 0.6 is 0 Å². The van der Waals surface area contributed by atoms with E-state index in [-0.39, 0.29) is 11.3 Å². The zero-order valence-corrected chi connectivity index (χ0v) is 8.44. The molecule has 0 saturated carbocycles. The maximum absolute atomic E-state index is 11.7. The van der Waals surface area contributed by atoms with Gasteiger partial charge in [-0.3, -0.25) is 4.79 Å². The van der Waals surface area contributed by atoms with E-state index in [1.165, 1.54) is 6.07 Å². The quantitative estimate of drug-likeness (QED) is 0.640. The molecular formula is C11H14N2O2. The molecule has 2 N–H and O–H groups in total. The van der Waals surface area contributed by atoms with E-state index >= 15 is 0 Å². The van der Waals surface area contributed by atoms with Gasteiger partial charge < -0.3 is 15.0 Å². The van der Waals surface area contributed by atoms with Crippen molar-refractivity contribution in [2.24, 2.45) is 5.92 Å². The molecule has 15 heavy (non-hydrogen) atoms. The zero-order chi connectivity index (χ0) is 10.4. The first-order valence-corrected chi connectivity index (χ1v) is 5.38. The van der Waals surface area contributed by atoms with Crippen LogP contribution in [0.25, 0.3) is 0 Å². The molecule has 4 heteroatoms. The summed E-state index contributed by atoms with van der Waals surface area (Å²) < 4.78 is 1.82. The van der Waals surface area contributed by atoms with E-state index in [4.69, 9.17) is 0 Å². The van der Waals surface area contributed by atoms with Crippen molar-refractivity contribution >= 4 is 0 Å². The summed E-state index contributed by atoms with van der Waals surface area (Å²) in [6, 6.07) is 3.03. The Bertz CT molecular complexity index is 452. The molecule has 2 aliphatic rings. The van der Waals surface area contributed by atoms with Crippen molar-refractivity contribution in [2.45, 2.75) is 18.9 Å². The molecule has 1 saturated heterocycles. The molecule has 0 unspecified atom stereocenters. The normalized spacial score (nSPS) is 28.5. The summed E-state index contributed by atoms with van der Waals surface area (Å²) in [5.74, 6) is 1.05. The number of nitrogens with one attached hydrogen (secondary N) is 1. The third kappa shape index (κ3) is 1.36. The van der Waals surface area contributed by atoms with E-state index in [9.17, 15) is 9.90 Å². The van der Waals surface area contributed by atoms with Crippen molar-refractivity contribution in [1.82, 2.24) is 9.88 Å². The SMILES string of the molecule is O=c1cc(O)cc2n1C[C@@H]1CNC[C@H]2C1. The number of pyridine rings is 1. The first-order valence-electron chi connectivity index (χ1n) is 5.38. The van der Waals surface area contributed by atoms with Crippen molar-refractivity contribution in [3.8, 4) is 5.75 Å². The molecule has 2 atom stereocenters. The number of hydrogen-bond donors (Lipinski definition) is 2. The predicted molar refractivity (Wildman–Crippen MR) is 56.1 cm³/mol. The monoisotopic (exact) mass is 206 g/mol. The Morgan fingerprint density at radius 1 is 1.40 bits per heavy atom. The van der Waals surface area contributed by atoms with Gasteiger partial charge in [0.25, 0.3) is 5.56 Å². The second kappa shape index (κ2) is 3.10. The minimum absolute atomic E-state index is 0.0680. The zero-order valence-electron chi connectivity index (χ0n) is 8.44. The fourth-order valence-corrected chi connectivity index (χ4v) is 2.79. The molecule has 0 spiro atoms. The number of aromatic nitrogens is 1. The average Bonchev–Trinajstić information content (AvgIpc) is 2.21. The Morgan fingerprint density at radius 2 is 2.27 bits per heavy atom. The fourth-order valence-electron chi connectivity index (χ4n) is 2.79. The molecule has 0 radical (unpaired) electrons. The number of hydrogen-bond acceptors (Lipinski definition) is 3. The van der Waals surface area contributed by atoms with Gasteiger partial charge in [-0.25, -0.2) is 0 Å². The lowest BCUT2D eigenvalue weighted by molar-refractivity contribution is 0.256. The van der Waals surface area contributed by atoms with Gasteiger partial charge >= 0.3 is 0 Å². The van der Waals surface area contributed by atoms with E-state index in [2.05, 4.69) is 5.32 Å². The van der Waals surface area contributed by atoms with Gasteiger partial charge in [-0.15, -0.1) is 0 Å². The van der Waals surface area contributed by atoms with Crippen LogP contribution in [0.3, 0.4) is 0 Å². The minimum Gasteiger partial charge on any atom is -0.508 e. The topological polar surface area (TPSA) is 54.3 Å². The molecular weight excluding hydrogens is 192 g/mol. The Hall–Kier alpha value is -1.29. The molecule has 1 aromatic heterocycles. The second-order valence-electron chi connectivity index (χ2n) is 4.54. The summed E-state index contributed by atoms with van der Waals surface area (Å²) in [5, 5.41) is 12.8. The van der Waals surface area contributed by atoms with Crippen LogP contribution in [0.15, 0.2) is 16.9 Å². The van der Waals surface area contributed by atoms with Gasteiger partial charge in [0, 0.05) is 30.8 Å². The minimum atomic E-state index is -0.0680. The van der Waals surface area contributed by atoms with Gasteiger partial charge in [-0.2, -0.15) is 0 Å². The molecule has 1 aromatic rings. The van der Waals surface area contributed by atoms with Gasteiger partial charge in [0.15, 0.2) is 0 Å². The molecule has 3 rings (SSSR count). The van der Waals surface area contributed by atoms with Crippen LogP contribution in [0.5, 0.6) is 5.75 Å². The number of piperidine rings is 1. The summed E-state index contributed by atoms with van der Waals surface area (Å²) in [4.78, 5) is 11.7. The van der Waals surface area contributed by atoms with Crippen molar-refractivity contribution in [2.75, 3.05) is 13.1 Å². The lowest BCUT2D eigenvalue weighted by Gasteiger charge is -2.37. The van der Waals surface area contributed by atoms with Crippen LogP contribution in [-0.2, 0) is 6.54 Å². The maximum Gasteiger partial charge on any atom is 0.254 e. The largest absolute Gasteiger partial charge is 0.508 e. The van der Waals surface area contributed by atoms with Crippen molar-refractivity contribution in [3.05, 3.63) is 28.2 Å². The molecule has 4 nitrogen and oxygen atoms in total. The highest BCUT2D eigenvalue weighted by Gasteiger charge is 2.30. The Kier molecular flexibility index (Phi) is 1.85. The first-order chi connectivity index (χ1) is 7.24. The summed E-state index contributed by atoms with van der Waals surface area (Å²) in [5.41, 5.74) is 0.921. The molecule has 2 bridgehead atoms. The molecule has 0 amide bonds. The van der Waals surface area contributed by atoms with E-state index in [0.29, 0.717) is 11.8 Å². The molecule has 80 valence electrons. The highest BCUT2D eigenvalue weighted by molar-refractivity contribution is 5.26. The third-order valence-corrected chi connectivity index (χ3v) is 3.45. The lowest BCUT2D eigenvalue weighted by atomic mass is 9.84. The molecule has 1 fully saturated rings. The Labute approximate surface area is 87.5 Å². The molecule has 0 aromatic carbocycles. The molecule has 0 aliphatic carbocycles. The maximum atomic E-state index is 11.7. The van der Waals surface area contributed by atoms with Gasteiger partial charge in [0.2, 0.25) is 0 Å². The van der Waals surface area contributed by atoms with Crippen LogP contribution in [0.2, 0.25) is 0 Å². The van der Waals surface area contributed by atoms with Gasteiger partial charge in [-0.1, -0.05) is 0 Å². The first kappa shape index (κ1) is 8.97. The van der Waals surface area contributed by atoms with E-state index in [0.717, 1.165) is 31.7 Å². The van der Waals surface area contributed by atoms with E-state index in [1.54, 1.807) is 6.07 Å². The van der Waals surface area contributed by atoms with Gasteiger partial charge in [-0.05, 0) is 24.9 Å². The number of aromatic hydroxyl groups is 1. The number of rotatable bonds is 0. The van der Waals surface area contributed by atoms with Crippen LogP contribution in [-0.4, -0.2) is 22.8 Å². The fraction of sp³-hybridized carbons (Fsp3) is 0.545. The van der Waals surface area contributed by atoms with Crippen LogP contribution < -0.4 is 10.9 Å². The molecule has 2 aliphatic heterocycles. The average molecular weight is 206 g/mol. The highest BCUT2D eigenvalue weighted by Crippen LogP contribution is 2.32. The summed E-state index contributed by atoms with van der Waals surface area (Å²) in [6.07, 6.45) is 1.13. The number of nitrogens with zero attached hydrogens (tertiary/aromatic N) is 1. The van der Waals surface area contributed by atoms with Crippen molar-refractivity contribution in [1.29, 1.82) is 0 Å².